The standard InChI is InChI=1S/C12H14F3N3O3/c1-7(19)6-10(20)17-18-11(21)16-9-5-3-2-4-8(9)12(13,14)15/h2-5,7,19H,6H2,1H3,(H,17,20)(H2,16,18,21). The average molecular weight is 305 g/mol. The van der Waals surface area contributed by atoms with E-state index in [4.69, 9.17) is 5.11 Å². The molecular weight excluding hydrogens is 291 g/mol. The summed E-state index contributed by atoms with van der Waals surface area (Å²) in [5, 5.41) is 10.9. The Balaban J connectivity index is 2.62. The molecule has 0 bridgehead atoms. The molecule has 9 heteroatoms. The molecule has 1 aromatic carbocycles. The van der Waals surface area contributed by atoms with Crippen LogP contribution in [-0.2, 0) is 11.0 Å². The van der Waals surface area contributed by atoms with Crippen molar-refractivity contribution >= 4 is 17.6 Å². The topological polar surface area (TPSA) is 90.5 Å². The van der Waals surface area contributed by atoms with Crippen molar-refractivity contribution in [3.63, 3.8) is 0 Å². The molecule has 1 unspecified atom stereocenters. The van der Waals surface area contributed by atoms with Gasteiger partial charge in [0.2, 0.25) is 5.91 Å². The highest BCUT2D eigenvalue weighted by Crippen LogP contribution is 2.34. The largest absolute Gasteiger partial charge is 0.418 e. The van der Waals surface area contributed by atoms with Gasteiger partial charge >= 0.3 is 12.2 Å². The zero-order valence-corrected chi connectivity index (χ0v) is 11.0. The highest BCUT2D eigenvalue weighted by molar-refractivity contribution is 5.91. The maximum atomic E-state index is 12.7. The highest BCUT2D eigenvalue weighted by Gasteiger charge is 2.33. The maximum absolute atomic E-state index is 12.7. The van der Waals surface area contributed by atoms with E-state index in [1.165, 1.54) is 19.1 Å². The Bertz CT molecular complexity index is 518. The number of benzene rings is 1. The van der Waals surface area contributed by atoms with Gasteiger partial charge in [-0.2, -0.15) is 13.2 Å². The predicted octanol–water partition coefficient (Wildman–Crippen LogP) is 1.63. The van der Waals surface area contributed by atoms with Crippen LogP contribution in [0.15, 0.2) is 24.3 Å². The Labute approximate surface area is 118 Å². The van der Waals surface area contributed by atoms with Gasteiger partial charge in [-0.05, 0) is 19.1 Å². The van der Waals surface area contributed by atoms with Gasteiger partial charge < -0.3 is 10.4 Å². The molecule has 0 aliphatic heterocycles. The number of rotatable bonds is 3. The van der Waals surface area contributed by atoms with Crippen LogP contribution in [0.25, 0.3) is 0 Å². The molecule has 0 aromatic heterocycles. The minimum absolute atomic E-state index is 0.251. The van der Waals surface area contributed by atoms with Gasteiger partial charge in [0.05, 0.1) is 23.8 Å². The third-order valence-electron chi connectivity index (χ3n) is 2.28. The van der Waals surface area contributed by atoms with Gasteiger partial charge in [0, 0.05) is 0 Å². The molecule has 3 amide bonds. The van der Waals surface area contributed by atoms with Crippen molar-refractivity contribution in [1.82, 2.24) is 10.9 Å². The number of hydrogen-bond donors (Lipinski definition) is 4. The van der Waals surface area contributed by atoms with Gasteiger partial charge in [-0.1, -0.05) is 12.1 Å². The van der Waals surface area contributed by atoms with E-state index in [0.29, 0.717) is 0 Å². The number of aliphatic hydroxyl groups excluding tert-OH is 1. The van der Waals surface area contributed by atoms with Gasteiger partial charge in [-0.3, -0.25) is 10.2 Å². The fourth-order valence-corrected chi connectivity index (χ4v) is 1.44. The van der Waals surface area contributed by atoms with E-state index in [9.17, 15) is 22.8 Å². The monoisotopic (exact) mass is 305 g/mol. The van der Waals surface area contributed by atoms with E-state index in [-0.39, 0.29) is 6.42 Å². The Morgan fingerprint density at radius 1 is 1.24 bits per heavy atom. The summed E-state index contributed by atoms with van der Waals surface area (Å²) in [4.78, 5) is 22.6. The number of hydrogen-bond acceptors (Lipinski definition) is 3. The fraction of sp³-hybridized carbons (Fsp3) is 0.333. The molecule has 0 spiro atoms. The van der Waals surface area contributed by atoms with E-state index in [1.54, 1.807) is 0 Å². The van der Waals surface area contributed by atoms with Crippen LogP contribution in [0.3, 0.4) is 0 Å². The second kappa shape index (κ2) is 6.93. The lowest BCUT2D eigenvalue weighted by Gasteiger charge is -2.14. The van der Waals surface area contributed by atoms with Crippen molar-refractivity contribution in [1.29, 1.82) is 0 Å². The molecule has 0 saturated heterocycles. The van der Waals surface area contributed by atoms with Crippen LogP contribution in [-0.4, -0.2) is 23.1 Å². The van der Waals surface area contributed by atoms with Crippen LogP contribution in [0, 0.1) is 0 Å². The summed E-state index contributed by atoms with van der Waals surface area (Å²) in [5.74, 6) is -0.677. The average Bonchev–Trinajstić information content (AvgIpc) is 2.35. The van der Waals surface area contributed by atoms with Gasteiger partial charge in [0.25, 0.3) is 0 Å². The van der Waals surface area contributed by atoms with Crippen LogP contribution in [0.5, 0.6) is 0 Å². The highest BCUT2D eigenvalue weighted by atomic mass is 19.4. The minimum Gasteiger partial charge on any atom is -0.393 e. The van der Waals surface area contributed by atoms with Crippen LogP contribution in [0.1, 0.15) is 18.9 Å². The van der Waals surface area contributed by atoms with E-state index in [2.05, 4.69) is 0 Å². The van der Waals surface area contributed by atoms with Crippen molar-refractivity contribution in [3.05, 3.63) is 29.8 Å². The maximum Gasteiger partial charge on any atom is 0.418 e. The first kappa shape index (κ1) is 16.8. The Morgan fingerprint density at radius 3 is 2.43 bits per heavy atom. The quantitative estimate of drug-likeness (QED) is 0.640. The minimum atomic E-state index is -4.61. The number of aliphatic hydroxyl groups is 1. The van der Waals surface area contributed by atoms with Crippen molar-refractivity contribution in [2.24, 2.45) is 0 Å². The summed E-state index contributed by atoms with van der Waals surface area (Å²) in [7, 11) is 0. The van der Waals surface area contributed by atoms with Crippen molar-refractivity contribution < 1.29 is 27.9 Å². The summed E-state index contributed by atoms with van der Waals surface area (Å²) < 4.78 is 38.1. The van der Waals surface area contributed by atoms with Gasteiger partial charge in [0.1, 0.15) is 0 Å². The van der Waals surface area contributed by atoms with Crippen LogP contribution >= 0.6 is 0 Å². The number of urea groups is 1. The number of carbonyl (C=O) groups excluding carboxylic acids is 2. The second-order valence-electron chi connectivity index (χ2n) is 4.22. The van der Waals surface area contributed by atoms with Crippen LogP contribution in [0.4, 0.5) is 23.7 Å². The summed E-state index contributed by atoms with van der Waals surface area (Å²) >= 11 is 0. The number of halogens is 3. The third-order valence-corrected chi connectivity index (χ3v) is 2.28. The zero-order chi connectivity index (χ0) is 16.0. The molecule has 6 nitrogen and oxygen atoms in total. The molecule has 21 heavy (non-hydrogen) atoms. The Hall–Kier alpha value is -2.29. The van der Waals surface area contributed by atoms with E-state index >= 15 is 0 Å². The molecule has 0 saturated carbocycles. The van der Waals surface area contributed by atoms with E-state index < -0.39 is 35.5 Å². The lowest BCUT2D eigenvalue weighted by molar-refractivity contribution is -0.137. The lowest BCUT2D eigenvalue weighted by Crippen LogP contribution is -2.44. The first-order chi connectivity index (χ1) is 9.70. The molecule has 0 aliphatic carbocycles. The van der Waals surface area contributed by atoms with E-state index in [0.717, 1.165) is 12.1 Å². The number of para-hydroxylation sites is 1. The molecule has 116 valence electrons. The molecule has 0 heterocycles. The van der Waals surface area contributed by atoms with Crippen molar-refractivity contribution in [2.45, 2.75) is 25.6 Å². The molecule has 1 aromatic rings. The molecule has 0 radical (unpaired) electrons. The van der Waals surface area contributed by atoms with Crippen LogP contribution < -0.4 is 16.2 Å². The van der Waals surface area contributed by atoms with Crippen molar-refractivity contribution in [2.75, 3.05) is 5.32 Å². The molecule has 0 fully saturated rings. The van der Waals surface area contributed by atoms with Crippen LogP contribution in [0.2, 0.25) is 0 Å². The molecule has 0 aliphatic rings. The second-order valence-corrected chi connectivity index (χ2v) is 4.22. The number of alkyl halides is 3. The first-order valence-electron chi connectivity index (χ1n) is 5.90. The van der Waals surface area contributed by atoms with E-state index in [1.807, 2.05) is 16.2 Å². The van der Waals surface area contributed by atoms with Gasteiger partial charge in [0.15, 0.2) is 0 Å². The number of hydrazine groups is 1. The summed E-state index contributed by atoms with van der Waals surface area (Å²) in [6.45, 7) is 1.37. The van der Waals surface area contributed by atoms with Gasteiger partial charge in [-0.25, -0.2) is 10.2 Å². The fourth-order valence-electron chi connectivity index (χ4n) is 1.44. The third kappa shape index (κ3) is 5.69. The van der Waals surface area contributed by atoms with Gasteiger partial charge in [-0.15, -0.1) is 0 Å². The zero-order valence-electron chi connectivity index (χ0n) is 11.0. The Kier molecular flexibility index (Phi) is 5.53. The summed E-state index contributed by atoms with van der Waals surface area (Å²) in [5.41, 5.74) is 2.39. The first-order valence-corrected chi connectivity index (χ1v) is 5.90. The van der Waals surface area contributed by atoms with Crippen molar-refractivity contribution in [3.8, 4) is 0 Å². The Morgan fingerprint density at radius 2 is 1.86 bits per heavy atom. The normalized spacial score (nSPS) is 12.4. The number of nitrogens with one attached hydrogen (secondary N) is 3. The summed E-state index contributed by atoms with van der Waals surface area (Å²) in [6.07, 6.45) is -5.76. The number of amides is 3. The number of carbonyl (C=O) groups is 2. The predicted molar refractivity (Wildman–Crippen MR) is 68.0 cm³/mol. The lowest BCUT2D eigenvalue weighted by atomic mass is 10.1. The molecular formula is C12H14F3N3O3. The number of anilines is 1. The molecule has 1 atom stereocenters. The summed E-state index contributed by atoms with van der Waals surface area (Å²) in [6, 6.07) is 3.39. The molecule has 1 rings (SSSR count). The SMILES string of the molecule is CC(O)CC(=O)NNC(=O)Nc1ccccc1C(F)(F)F. The molecule has 4 N–H and O–H groups in total. The smallest absolute Gasteiger partial charge is 0.393 e.